The van der Waals surface area contributed by atoms with E-state index >= 15 is 0 Å². The smallest absolute Gasteiger partial charge is 0.0223 e. The maximum absolute atomic E-state index is 3.32. The van der Waals surface area contributed by atoms with E-state index in [0.717, 1.165) is 12.1 Å². The normalized spacial score (nSPS) is 25.5. The molecular weight excluding hydrogens is 172 g/mol. The van der Waals surface area contributed by atoms with E-state index in [1.165, 1.54) is 45.2 Å². The summed E-state index contributed by atoms with van der Waals surface area (Å²) in [5.74, 6) is 0. The lowest BCUT2D eigenvalue weighted by Gasteiger charge is -2.32. The molecule has 0 aromatic heterocycles. The Bertz CT molecular complexity index is 147. The van der Waals surface area contributed by atoms with E-state index in [9.17, 15) is 0 Å². The number of nitrogens with one attached hydrogen (secondary N) is 1. The first-order valence-corrected chi connectivity index (χ1v) is 6.23. The number of hydrogen-bond donors (Lipinski definition) is 1. The monoisotopic (exact) mass is 198 g/mol. The molecule has 1 aliphatic rings. The highest BCUT2D eigenvalue weighted by Crippen LogP contribution is 2.23. The second kappa shape index (κ2) is 6.41. The standard InChI is InChI=1S/C12H26N2/c1-4-7-11(5-2)14-9-6-8-12(14)10-13-3/h11-13H,4-10H2,1-3H3. The highest BCUT2D eigenvalue weighted by Gasteiger charge is 2.28. The Balaban J connectivity index is 2.45. The lowest BCUT2D eigenvalue weighted by atomic mass is 10.1. The Morgan fingerprint density at radius 2 is 2.21 bits per heavy atom. The molecule has 0 aromatic carbocycles. The van der Waals surface area contributed by atoms with E-state index < -0.39 is 0 Å². The minimum absolute atomic E-state index is 0.802. The van der Waals surface area contributed by atoms with Gasteiger partial charge in [0.05, 0.1) is 0 Å². The van der Waals surface area contributed by atoms with E-state index in [-0.39, 0.29) is 0 Å². The molecule has 2 atom stereocenters. The van der Waals surface area contributed by atoms with E-state index in [2.05, 4.69) is 31.1 Å². The first-order valence-electron chi connectivity index (χ1n) is 6.23. The lowest BCUT2D eigenvalue weighted by Crippen LogP contribution is -2.43. The van der Waals surface area contributed by atoms with Crippen LogP contribution in [0.4, 0.5) is 0 Å². The molecule has 0 aliphatic carbocycles. The second-order valence-electron chi connectivity index (χ2n) is 4.44. The Hall–Kier alpha value is -0.0800. The fourth-order valence-corrected chi connectivity index (χ4v) is 2.73. The molecule has 1 saturated heterocycles. The van der Waals surface area contributed by atoms with Crippen LogP contribution < -0.4 is 5.32 Å². The van der Waals surface area contributed by atoms with Gasteiger partial charge in [0.15, 0.2) is 0 Å². The fraction of sp³-hybridized carbons (Fsp3) is 1.00. The van der Waals surface area contributed by atoms with Crippen LogP contribution in [0.15, 0.2) is 0 Å². The maximum Gasteiger partial charge on any atom is 0.0223 e. The van der Waals surface area contributed by atoms with Gasteiger partial charge in [0.2, 0.25) is 0 Å². The molecule has 0 aromatic rings. The van der Waals surface area contributed by atoms with E-state index in [0.29, 0.717) is 0 Å². The molecule has 1 rings (SSSR count). The summed E-state index contributed by atoms with van der Waals surface area (Å²) in [6.07, 6.45) is 6.79. The van der Waals surface area contributed by atoms with Crippen molar-refractivity contribution in [1.82, 2.24) is 10.2 Å². The molecule has 0 radical (unpaired) electrons. The van der Waals surface area contributed by atoms with Crippen LogP contribution in [-0.4, -0.2) is 37.1 Å². The van der Waals surface area contributed by atoms with Gasteiger partial charge in [-0.05, 0) is 39.3 Å². The Labute approximate surface area is 89.1 Å². The van der Waals surface area contributed by atoms with Crippen LogP contribution in [0, 0.1) is 0 Å². The van der Waals surface area contributed by atoms with E-state index in [1.54, 1.807) is 0 Å². The summed E-state index contributed by atoms with van der Waals surface area (Å²) in [4.78, 5) is 2.74. The summed E-state index contributed by atoms with van der Waals surface area (Å²) in [5, 5.41) is 3.32. The first kappa shape index (κ1) is 12.0. The third-order valence-corrected chi connectivity index (χ3v) is 3.42. The summed E-state index contributed by atoms with van der Waals surface area (Å²) >= 11 is 0. The first-order chi connectivity index (χ1) is 6.83. The quantitative estimate of drug-likeness (QED) is 0.704. The van der Waals surface area contributed by atoms with Crippen molar-refractivity contribution in [2.75, 3.05) is 20.1 Å². The average molecular weight is 198 g/mol. The molecule has 0 bridgehead atoms. The van der Waals surface area contributed by atoms with Gasteiger partial charge in [-0.3, -0.25) is 4.90 Å². The molecule has 0 amide bonds. The van der Waals surface area contributed by atoms with Gasteiger partial charge in [0.25, 0.3) is 0 Å². The van der Waals surface area contributed by atoms with Gasteiger partial charge < -0.3 is 5.32 Å². The van der Waals surface area contributed by atoms with Crippen LogP contribution in [0.3, 0.4) is 0 Å². The van der Waals surface area contributed by atoms with Gasteiger partial charge in [0, 0.05) is 18.6 Å². The number of rotatable bonds is 6. The third kappa shape index (κ3) is 2.96. The summed E-state index contributed by atoms with van der Waals surface area (Å²) in [7, 11) is 2.07. The highest BCUT2D eigenvalue weighted by atomic mass is 15.2. The zero-order chi connectivity index (χ0) is 10.4. The Kier molecular flexibility index (Phi) is 5.49. The van der Waals surface area contributed by atoms with Crippen molar-refractivity contribution < 1.29 is 0 Å². The minimum atomic E-state index is 0.802. The third-order valence-electron chi connectivity index (χ3n) is 3.42. The van der Waals surface area contributed by atoms with Gasteiger partial charge in [-0.1, -0.05) is 20.3 Å². The topological polar surface area (TPSA) is 15.3 Å². The van der Waals surface area contributed by atoms with Crippen molar-refractivity contribution in [2.24, 2.45) is 0 Å². The molecule has 2 unspecified atom stereocenters. The predicted molar refractivity (Wildman–Crippen MR) is 62.6 cm³/mol. The fourth-order valence-electron chi connectivity index (χ4n) is 2.73. The molecule has 1 N–H and O–H groups in total. The van der Waals surface area contributed by atoms with Crippen molar-refractivity contribution in [2.45, 2.75) is 58.0 Å². The van der Waals surface area contributed by atoms with Crippen LogP contribution >= 0.6 is 0 Å². The van der Waals surface area contributed by atoms with E-state index in [1.807, 2.05) is 0 Å². The lowest BCUT2D eigenvalue weighted by molar-refractivity contribution is 0.163. The largest absolute Gasteiger partial charge is 0.318 e. The molecule has 1 aliphatic heterocycles. The summed E-state index contributed by atoms with van der Waals surface area (Å²) in [6.45, 7) is 7.12. The van der Waals surface area contributed by atoms with Crippen LogP contribution in [0.5, 0.6) is 0 Å². The molecular formula is C12H26N2. The molecule has 1 heterocycles. The highest BCUT2D eigenvalue weighted by molar-refractivity contribution is 4.85. The molecule has 84 valence electrons. The average Bonchev–Trinajstić information content (AvgIpc) is 2.63. The zero-order valence-corrected chi connectivity index (χ0v) is 10.1. The summed E-state index contributed by atoms with van der Waals surface area (Å²) in [5.41, 5.74) is 0. The predicted octanol–water partition coefficient (Wildman–Crippen LogP) is 2.25. The summed E-state index contributed by atoms with van der Waals surface area (Å²) < 4.78 is 0. The molecule has 2 nitrogen and oxygen atoms in total. The van der Waals surface area contributed by atoms with Crippen LogP contribution in [0.2, 0.25) is 0 Å². The molecule has 0 spiro atoms. The van der Waals surface area contributed by atoms with Crippen molar-refractivity contribution in [3.63, 3.8) is 0 Å². The van der Waals surface area contributed by atoms with Crippen LogP contribution in [0.25, 0.3) is 0 Å². The summed E-state index contributed by atoms with van der Waals surface area (Å²) in [6, 6.07) is 1.64. The van der Waals surface area contributed by atoms with Gasteiger partial charge in [-0.2, -0.15) is 0 Å². The number of likely N-dealkylation sites (tertiary alicyclic amines) is 1. The van der Waals surface area contributed by atoms with Crippen molar-refractivity contribution >= 4 is 0 Å². The molecule has 0 saturated carbocycles. The number of hydrogen-bond acceptors (Lipinski definition) is 2. The minimum Gasteiger partial charge on any atom is -0.318 e. The Morgan fingerprint density at radius 3 is 2.79 bits per heavy atom. The maximum atomic E-state index is 3.32. The molecule has 2 heteroatoms. The SMILES string of the molecule is CCCC(CC)N1CCCC1CNC. The van der Waals surface area contributed by atoms with Gasteiger partial charge in [-0.15, -0.1) is 0 Å². The van der Waals surface area contributed by atoms with E-state index in [4.69, 9.17) is 0 Å². The second-order valence-corrected chi connectivity index (χ2v) is 4.44. The Morgan fingerprint density at radius 1 is 1.43 bits per heavy atom. The van der Waals surface area contributed by atoms with Crippen molar-refractivity contribution in [1.29, 1.82) is 0 Å². The number of nitrogens with zero attached hydrogens (tertiary/aromatic N) is 1. The van der Waals surface area contributed by atoms with Gasteiger partial charge in [0.1, 0.15) is 0 Å². The van der Waals surface area contributed by atoms with Gasteiger partial charge in [-0.25, -0.2) is 0 Å². The van der Waals surface area contributed by atoms with Crippen LogP contribution in [-0.2, 0) is 0 Å². The van der Waals surface area contributed by atoms with Crippen LogP contribution in [0.1, 0.15) is 46.0 Å². The van der Waals surface area contributed by atoms with Crippen molar-refractivity contribution in [3.05, 3.63) is 0 Å². The zero-order valence-electron chi connectivity index (χ0n) is 10.1. The molecule has 1 fully saturated rings. The molecule has 14 heavy (non-hydrogen) atoms. The number of likely N-dealkylation sites (N-methyl/N-ethyl adjacent to an activating group) is 1. The van der Waals surface area contributed by atoms with Gasteiger partial charge >= 0.3 is 0 Å². The van der Waals surface area contributed by atoms with Crippen molar-refractivity contribution in [3.8, 4) is 0 Å².